The van der Waals surface area contributed by atoms with Gasteiger partial charge in [0.25, 0.3) is 5.91 Å². The highest BCUT2D eigenvalue weighted by molar-refractivity contribution is 8.00. The number of hydrogen-bond donors (Lipinski definition) is 7. The summed E-state index contributed by atoms with van der Waals surface area (Å²) in [5.74, 6) is -2.35. The van der Waals surface area contributed by atoms with E-state index in [-0.39, 0.29) is 22.7 Å². The first-order valence-corrected chi connectivity index (χ1v) is 16.5. The first-order chi connectivity index (χ1) is 20.2. The van der Waals surface area contributed by atoms with Crippen LogP contribution in [0.4, 0.5) is 5.82 Å². The zero-order valence-corrected chi connectivity index (χ0v) is 24.2. The SMILES string of the molecule is NC(=O)C1=CSN([C@@H]2O[C@H](COP(=O)([O-])CP(=O)([O-])OCC3OC(n4cnc5c(N)ncnc54)C(O)C3O)[C@@H](O)[C@H]2O)N1. The number of carbonyl (C=O) groups excluding carboxylic acids is 1. The number of nitrogen functional groups attached to an aromatic ring is 1. The minimum Gasteiger partial charge on any atom is -0.778 e. The smallest absolute Gasteiger partial charge is 0.266 e. The number of nitrogens with zero attached hydrogens (tertiary/aromatic N) is 5. The first kappa shape index (κ1) is 32.1. The van der Waals surface area contributed by atoms with Crippen molar-refractivity contribution in [3.63, 3.8) is 0 Å². The van der Waals surface area contributed by atoms with E-state index in [1.54, 1.807) is 0 Å². The summed E-state index contributed by atoms with van der Waals surface area (Å²) in [7, 11) is -10.4. The molecular weight excluding hydrogens is 642 g/mol. The Bertz CT molecular complexity index is 1500. The van der Waals surface area contributed by atoms with Crippen LogP contribution in [0.1, 0.15) is 6.23 Å². The Morgan fingerprint density at radius 2 is 1.58 bits per heavy atom. The number of carbonyl (C=O) groups is 1. The Kier molecular flexibility index (Phi) is 9.16. The van der Waals surface area contributed by atoms with Gasteiger partial charge in [-0.1, -0.05) is 0 Å². The Morgan fingerprint density at radius 3 is 2.16 bits per heavy atom. The number of nitrogens with one attached hydrogen (secondary N) is 1. The van der Waals surface area contributed by atoms with Crippen LogP contribution in [0.25, 0.3) is 11.2 Å². The van der Waals surface area contributed by atoms with Crippen molar-refractivity contribution in [2.45, 2.75) is 49.1 Å². The fourth-order valence-corrected chi connectivity index (χ4v) is 8.33. The standard InChI is InChI=1S/C19H28N8O13P2S/c20-15-10-17(23-4-22-15)26(5-24-10)18-13(30)11(28)8(39-18)1-37-41(33,34)6-42(35,36)38-2-9-12(29)14(31)19(40-9)27-25-7(3-43-27)16(21)32/h3-5,8-9,11-14,18-19,25,28-31H,1-2,6H2,(H2,21,32)(H,33,34)(H,35,36)(H2,20,22,23)/p-2/t8?,9-,11?,12-,13?,14-,18?,19-/m1/s1. The van der Waals surface area contributed by atoms with Crippen molar-refractivity contribution in [3.8, 4) is 0 Å². The van der Waals surface area contributed by atoms with E-state index in [1.807, 2.05) is 0 Å². The van der Waals surface area contributed by atoms with E-state index in [0.29, 0.717) is 0 Å². The minimum atomic E-state index is -5.18. The maximum Gasteiger partial charge on any atom is 0.266 e. The first-order valence-electron chi connectivity index (χ1n) is 12.3. The van der Waals surface area contributed by atoms with Gasteiger partial charge in [-0.3, -0.25) is 9.36 Å². The molecule has 43 heavy (non-hydrogen) atoms. The van der Waals surface area contributed by atoms with Gasteiger partial charge in [-0.15, -0.1) is 4.41 Å². The zero-order valence-electron chi connectivity index (χ0n) is 21.6. The number of rotatable bonds is 11. The van der Waals surface area contributed by atoms with Gasteiger partial charge in [-0.2, -0.15) is 0 Å². The lowest BCUT2D eigenvalue weighted by molar-refractivity contribution is -0.210. The lowest BCUT2D eigenvalue weighted by atomic mass is 10.1. The summed E-state index contributed by atoms with van der Waals surface area (Å²) >= 11 is 0.884. The van der Waals surface area contributed by atoms with E-state index < -0.39 is 89.3 Å². The number of fused-ring (bicyclic) bond motifs is 1. The number of hydrazine groups is 1. The van der Waals surface area contributed by atoms with Crippen LogP contribution in [0.2, 0.25) is 0 Å². The Hall–Kier alpha value is -2.27. The summed E-state index contributed by atoms with van der Waals surface area (Å²) in [6.45, 7) is -1.73. The Morgan fingerprint density at radius 1 is 1.00 bits per heavy atom. The second-order valence-corrected chi connectivity index (χ2v) is 14.5. The van der Waals surface area contributed by atoms with E-state index in [0.717, 1.165) is 22.7 Å². The molecule has 9 N–H and O–H groups in total. The predicted octanol–water partition coefficient (Wildman–Crippen LogP) is -4.63. The minimum absolute atomic E-state index is 0.0132. The number of hydrogen-bond acceptors (Lipinski definition) is 20. The van der Waals surface area contributed by atoms with Crippen LogP contribution < -0.4 is 26.7 Å². The molecule has 0 aliphatic carbocycles. The summed E-state index contributed by atoms with van der Waals surface area (Å²) in [5, 5.41) is 42.8. The van der Waals surface area contributed by atoms with Crippen LogP contribution in [0.3, 0.4) is 0 Å². The van der Waals surface area contributed by atoms with Crippen LogP contribution in [0.5, 0.6) is 0 Å². The molecule has 2 aromatic heterocycles. The Labute approximate surface area is 245 Å². The van der Waals surface area contributed by atoms with Crippen LogP contribution in [0, 0.1) is 0 Å². The molecular formula is C19H26N8O13P2S-2. The van der Waals surface area contributed by atoms with E-state index in [9.17, 15) is 44.1 Å². The molecule has 24 heteroatoms. The van der Waals surface area contributed by atoms with Crippen LogP contribution >= 0.6 is 27.1 Å². The molecule has 2 saturated heterocycles. The highest BCUT2D eigenvalue weighted by Gasteiger charge is 2.48. The van der Waals surface area contributed by atoms with E-state index in [4.69, 9.17) is 30.0 Å². The van der Waals surface area contributed by atoms with Gasteiger partial charge in [0.15, 0.2) is 23.9 Å². The van der Waals surface area contributed by atoms with Gasteiger partial charge in [0.2, 0.25) is 0 Å². The monoisotopic (exact) mass is 668 g/mol. The van der Waals surface area contributed by atoms with Crippen molar-refractivity contribution in [3.05, 3.63) is 23.8 Å². The van der Waals surface area contributed by atoms with Crippen molar-refractivity contribution in [2.75, 3.05) is 24.9 Å². The third-order valence-corrected chi connectivity index (χ3v) is 11.3. The van der Waals surface area contributed by atoms with Gasteiger partial charge in [0, 0.05) is 5.41 Å². The molecule has 0 bridgehead atoms. The molecule has 238 valence electrons. The fraction of sp³-hybridized carbons (Fsp3) is 0.579. The van der Waals surface area contributed by atoms with E-state index in [1.165, 1.54) is 16.3 Å². The summed E-state index contributed by atoms with van der Waals surface area (Å²) in [5.41, 5.74) is 13.8. The predicted molar refractivity (Wildman–Crippen MR) is 138 cm³/mol. The summed E-state index contributed by atoms with van der Waals surface area (Å²) in [4.78, 5) is 48.0. The molecule has 2 fully saturated rings. The second-order valence-electron chi connectivity index (χ2n) is 9.57. The molecule has 1 amide bonds. The summed E-state index contributed by atoms with van der Waals surface area (Å²) < 4.78 is 47.8. The molecule has 21 nitrogen and oxygen atoms in total. The molecule has 2 aromatic rings. The molecule has 0 aromatic carbocycles. The molecule has 6 unspecified atom stereocenters. The maximum atomic E-state index is 12.5. The number of aliphatic hydroxyl groups excluding tert-OH is 4. The van der Waals surface area contributed by atoms with Crippen molar-refractivity contribution in [1.82, 2.24) is 29.4 Å². The van der Waals surface area contributed by atoms with Crippen molar-refractivity contribution in [1.29, 1.82) is 0 Å². The van der Waals surface area contributed by atoms with Gasteiger partial charge in [-0.05, 0) is 11.9 Å². The molecule has 0 spiro atoms. The van der Waals surface area contributed by atoms with Crippen molar-refractivity contribution >= 4 is 50.0 Å². The maximum absolute atomic E-state index is 12.5. The lowest BCUT2D eigenvalue weighted by Crippen LogP contribution is -2.46. The number of primary amides is 1. The molecule has 5 rings (SSSR count). The average molecular weight is 668 g/mol. The third kappa shape index (κ3) is 6.72. The summed E-state index contributed by atoms with van der Waals surface area (Å²) in [6, 6.07) is 0. The van der Waals surface area contributed by atoms with Crippen LogP contribution in [-0.4, -0.2) is 112 Å². The van der Waals surface area contributed by atoms with Crippen LogP contribution in [-0.2, 0) is 32.4 Å². The second kappa shape index (κ2) is 12.3. The molecule has 3 aliphatic rings. The van der Waals surface area contributed by atoms with Gasteiger partial charge in [0.05, 0.1) is 25.4 Å². The third-order valence-electron chi connectivity index (χ3n) is 6.56. The number of amides is 1. The average Bonchev–Trinajstić information content (AvgIpc) is 3.70. The summed E-state index contributed by atoms with van der Waals surface area (Å²) in [6.07, 6.45) is -9.41. The Balaban J connectivity index is 1.13. The largest absolute Gasteiger partial charge is 0.778 e. The van der Waals surface area contributed by atoms with Gasteiger partial charge >= 0.3 is 0 Å². The van der Waals surface area contributed by atoms with Crippen molar-refractivity contribution in [2.24, 2.45) is 5.73 Å². The van der Waals surface area contributed by atoms with E-state index >= 15 is 0 Å². The van der Waals surface area contributed by atoms with Gasteiger partial charge in [-0.25, -0.2) is 15.0 Å². The topological polar surface area (TPSA) is 326 Å². The molecule has 3 aliphatic heterocycles. The molecule has 10 atom stereocenters. The quantitative estimate of drug-likeness (QED) is 0.0874. The van der Waals surface area contributed by atoms with E-state index in [2.05, 4.69) is 20.4 Å². The highest BCUT2D eigenvalue weighted by atomic mass is 32.2. The molecule has 5 heterocycles. The van der Waals surface area contributed by atoms with Crippen LogP contribution in [0.15, 0.2) is 23.8 Å². The number of ether oxygens (including phenoxy) is 2. The molecule has 0 saturated carbocycles. The normalized spacial score (nSPS) is 34.1. The number of anilines is 1. The highest BCUT2D eigenvalue weighted by Crippen LogP contribution is 2.54. The lowest BCUT2D eigenvalue weighted by Gasteiger charge is -2.32. The molecule has 0 radical (unpaired) electrons. The van der Waals surface area contributed by atoms with Crippen molar-refractivity contribution < 1.29 is 62.7 Å². The number of aliphatic hydroxyl groups is 4. The number of imidazole rings is 1. The fourth-order valence-electron chi connectivity index (χ4n) is 4.40. The number of aromatic nitrogens is 4. The van der Waals surface area contributed by atoms with Gasteiger partial charge in [0.1, 0.15) is 69.4 Å². The number of nitrogens with two attached hydrogens (primary N) is 2. The van der Waals surface area contributed by atoms with Gasteiger partial charge < -0.3 is 74.8 Å². The zero-order chi connectivity index (χ0) is 31.3.